The van der Waals surface area contributed by atoms with Crippen molar-refractivity contribution >= 4 is 18.6 Å². The van der Waals surface area contributed by atoms with Gasteiger partial charge in [0.2, 0.25) is 0 Å². The summed E-state index contributed by atoms with van der Waals surface area (Å²) in [5, 5.41) is 0. The van der Waals surface area contributed by atoms with Crippen LogP contribution in [0.5, 0.6) is 0 Å². The summed E-state index contributed by atoms with van der Waals surface area (Å²) < 4.78 is 4.82. The Kier molecular flexibility index (Phi) is 3.60. The van der Waals surface area contributed by atoms with Gasteiger partial charge in [0.15, 0.2) is 0 Å². The number of hydrogen-bond donors (Lipinski definition) is 1. The Morgan fingerprint density at radius 2 is 2.50 bits per heavy atom. The molecule has 0 fully saturated rings. The van der Waals surface area contributed by atoms with E-state index in [0.717, 1.165) is 0 Å². The van der Waals surface area contributed by atoms with E-state index in [1.165, 1.54) is 6.20 Å². The second-order valence-corrected chi connectivity index (χ2v) is 2.55. The minimum atomic E-state index is -0.350. The summed E-state index contributed by atoms with van der Waals surface area (Å²) >= 11 is 3.91. The van der Waals surface area contributed by atoms with Crippen LogP contribution < -0.4 is 0 Å². The third-order valence-corrected chi connectivity index (χ3v) is 1.40. The van der Waals surface area contributed by atoms with Crippen molar-refractivity contribution in [1.82, 2.24) is 4.98 Å². The van der Waals surface area contributed by atoms with Crippen LogP contribution in [0.1, 0.15) is 10.4 Å². The monoisotopic (exact) mass is 183 g/mol. The van der Waals surface area contributed by atoms with Gasteiger partial charge in [0.05, 0.1) is 5.56 Å². The fraction of sp³-hybridized carbons (Fsp3) is 0.250. The number of pyridine rings is 1. The topological polar surface area (TPSA) is 39.2 Å². The summed E-state index contributed by atoms with van der Waals surface area (Å²) in [7, 11) is 0. The Morgan fingerprint density at radius 3 is 3.08 bits per heavy atom. The lowest BCUT2D eigenvalue weighted by Gasteiger charge is -2.00. The number of esters is 1. The highest BCUT2D eigenvalue weighted by molar-refractivity contribution is 7.80. The van der Waals surface area contributed by atoms with Gasteiger partial charge < -0.3 is 4.74 Å². The van der Waals surface area contributed by atoms with Gasteiger partial charge >= 0.3 is 5.97 Å². The van der Waals surface area contributed by atoms with Crippen LogP contribution in [0.4, 0.5) is 0 Å². The number of carbonyl (C=O) groups is 1. The molecule has 3 nitrogen and oxygen atoms in total. The average molecular weight is 183 g/mol. The van der Waals surface area contributed by atoms with E-state index < -0.39 is 0 Å². The molecule has 64 valence electrons. The number of carbonyl (C=O) groups excluding carboxylic acids is 1. The van der Waals surface area contributed by atoms with Gasteiger partial charge in [-0.05, 0) is 12.1 Å². The standard InChI is InChI=1S/C8H9NO2S/c10-8(11-4-5-12)7-2-1-3-9-6-7/h1-3,6,12H,4-5H2. The summed E-state index contributed by atoms with van der Waals surface area (Å²) in [6, 6.07) is 3.35. The lowest BCUT2D eigenvalue weighted by Crippen LogP contribution is -2.07. The van der Waals surface area contributed by atoms with Gasteiger partial charge in [0.1, 0.15) is 6.61 Å². The third-order valence-electron chi connectivity index (χ3n) is 1.22. The normalized spacial score (nSPS) is 9.42. The fourth-order valence-electron chi connectivity index (χ4n) is 0.705. The first-order valence-electron chi connectivity index (χ1n) is 3.52. The van der Waals surface area contributed by atoms with Crippen molar-refractivity contribution in [2.45, 2.75) is 0 Å². The van der Waals surface area contributed by atoms with E-state index >= 15 is 0 Å². The molecule has 0 atom stereocenters. The molecule has 0 saturated carbocycles. The van der Waals surface area contributed by atoms with Gasteiger partial charge in [-0.1, -0.05) is 0 Å². The van der Waals surface area contributed by atoms with E-state index in [-0.39, 0.29) is 5.97 Å². The van der Waals surface area contributed by atoms with Gasteiger partial charge in [-0.3, -0.25) is 4.98 Å². The fourth-order valence-corrected chi connectivity index (χ4v) is 0.796. The Labute approximate surface area is 76.2 Å². The molecule has 0 N–H and O–H groups in total. The lowest BCUT2D eigenvalue weighted by atomic mass is 10.3. The van der Waals surface area contributed by atoms with E-state index in [1.54, 1.807) is 18.3 Å². The van der Waals surface area contributed by atoms with Crippen molar-refractivity contribution in [3.63, 3.8) is 0 Å². The number of rotatable bonds is 3. The minimum Gasteiger partial charge on any atom is -0.461 e. The van der Waals surface area contributed by atoms with Crippen LogP contribution in [0.15, 0.2) is 24.5 Å². The minimum absolute atomic E-state index is 0.330. The van der Waals surface area contributed by atoms with Crippen LogP contribution in [0, 0.1) is 0 Å². The van der Waals surface area contributed by atoms with Crippen molar-refractivity contribution in [2.75, 3.05) is 12.4 Å². The smallest absolute Gasteiger partial charge is 0.339 e. The quantitative estimate of drug-likeness (QED) is 0.564. The van der Waals surface area contributed by atoms with Crippen LogP contribution in [0.2, 0.25) is 0 Å². The molecule has 0 radical (unpaired) electrons. The molecule has 0 amide bonds. The largest absolute Gasteiger partial charge is 0.461 e. The lowest BCUT2D eigenvalue weighted by molar-refractivity contribution is 0.0530. The predicted octanol–water partition coefficient (Wildman–Crippen LogP) is 1.17. The Hall–Kier alpha value is -1.03. The maximum Gasteiger partial charge on any atom is 0.339 e. The molecule has 1 aromatic rings. The number of nitrogens with zero attached hydrogens (tertiary/aromatic N) is 1. The Balaban J connectivity index is 2.54. The molecule has 1 heterocycles. The Morgan fingerprint density at radius 1 is 1.67 bits per heavy atom. The van der Waals surface area contributed by atoms with Crippen LogP contribution in [0.25, 0.3) is 0 Å². The van der Waals surface area contributed by atoms with Crippen molar-refractivity contribution in [2.24, 2.45) is 0 Å². The average Bonchev–Trinajstić information content (AvgIpc) is 2.15. The molecule has 1 aromatic heterocycles. The predicted molar refractivity (Wildman–Crippen MR) is 48.4 cm³/mol. The first-order valence-corrected chi connectivity index (χ1v) is 4.16. The van der Waals surface area contributed by atoms with Gasteiger partial charge in [-0.15, -0.1) is 0 Å². The highest BCUT2D eigenvalue weighted by Crippen LogP contribution is 1.98. The maximum absolute atomic E-state index is 11.1. The SMILES string of the molecule is O=C(OCCS)c1cccnc1. The van der Waals surface area contributed by atoms with Crippen molar-refractivity contribution in [3.8, 4) is 0 Å². The summed E-state index contributed by atoms with van der Waals surface area (Å²) in [6.07, 6.45) is 3.08. The zero-order valence-corrected chi connectivity index (χ0v) is 7.33. The summed E-state index contributed by atoms with van der Waals surface area (Å²) in [5.74, 6) is 0.184. The second kappa shape index (κ2) is 4.77. The summed E-state index contributed by atoms with van der Waals surface area (Å²) in [4.78, 5) is 14.9. The number of aromatic nitrogens is 1. The van der Waals surface area contributed by atoms with Crippen molar-refractivity contribution in [3.05, 3.63) is 30.1 Å². The zero-order valence-electron chi connectivity index (χ0n) is 6.43. The highest BCUT2D eigenvalue weighted by atomic mass is 32.1. The molecule has 0 spiro atoms. The first-order chi connectivity index (χ1) is 5.84. The van der Waals surface area contributed by atoms with Crippen LogP contribution in [-0.2, 0) is 4.74 Å². The van der Waals surface area contributed by atoms with Gasteiger partial charge in [0, 0.05) is 18.1 Å². The first kappa shape index (κ1) is 9.06. The molecule has 0 aromatic carbocycles. The Bertz CT molecular complexity index is 250. The molecule has 0 aliphatic carbocycles. The van der Waals surface area contributed by atoms with E-state index in [0.29, 0.717) is 17.9 Å². The second-order valence-electron chi connectivity index (χ2n) is 2.10. The molecular weight excluding hydrogens is 174 g/mol. The molecule has 0 aliphatic heterocycles. The third kappa shape index (κ3) is 2.54. The van der Waals surface area contributed by atoms with Crippen LogP contribution >= 0.6 is 12.6 Å². The number of ether oxygens (including phenoxy) is 1. The summed E-state index contributed by atoms with van der Waals surface area (Å²) in [6.45, 7) is 0.330. The van der Waals surface area contributed by atoms with E-state index in [4.69, 9.17) is 4.74 Å². The zero-order chi connectivity index (χ0) is 8.81. The van der Waals surface area contributed by atoms with Crippen LogP contribution in [0.3, 0.4) is 0 Å². The molecule has 0 aliphatic rings. The number of thiol groups is 1. The highest BCUT2D eigenvalue weighted by Gasteiger charge is 2.04. The number of hydrogen-bond acceptors (Lipinski definition) is 4. The molecular formula is C8H9NO2S. The van der Waals surface area contributed by atoms with Crippen LogP contribution in [-0.4, -0.2) is 23.3 Å². The molecule has 0 saturated heterocycles. The molecule has 1 rings (SSSR count). The van der Waals surface area contributed by atoms with E-state index in [2.05, 4.69) is 17.6 Å². The van der Waals surface area contributed by atoms with Crippen molar-refractivity contribution in [1.29, 1.82) is 0 Å². The van der Waals surface area contributed by atoms with Gasteiger partial charge in [-0.2, -0.15) is 12.6 Å². The molecule has 4 heteroatoms. The molecule has 0 unspecified atom stereocenters. The van der Waals surface area contributed by atoms with Gasteiger partial charge in [0.25, 0.3) is 0 Å². The maximum atomic E-state index is 11.1. The van der Waals surface area contributed by atoms with Crippen molar-refractivity contribution < 1.29 is 9.53 Å². The van der Waals surface area contributed by atoms with E-state index in [9.17, 15) is 4.79 Å². The van der Waals surface area contributed by atoms with E-state index in [1.807, 2.05) is 0 Å². The molecule has 12 heavy (non-hydrogen) atoms. The summed E-state index contributed by atoms with van der Waals surface area (Å²) in [5.41, 5.74) is 0.472. The van der Waals surface area contributed by atoms with Gasteiger partial charge in [-0.25, -0.2) is 4.79 Å². The molecule has 0 bridgehead atoms.